The summed E-state index contributed by atoms with van der Waals surface area (Å²) < 4.78 is 5.75. The summed E-state index contributed by atoms with van der Waals surface area (Å²) in [7, 11) is 0. The minimum Gasteiger partial charge on any atom is -0.480 e. The zero-order valence-corrected chi connectivity index (χ0v) is 10.1. The minimum absolute atomic E-state index is 0.192. The second kappa shape index (κ2) is 4.34. The normalized spacial score (nSPS) is 34.6. The molecule has 1 heterocycles. The lowest BCUT2D eigenvalue weighted by Gasteiger charge is -2.45. The number of carbonyl (C=O) groups is 1. The quantitative estimate of drug-likeness (QED) is 0.787. The van der Waals surface area contributed by atoms with E-state index in [-0.39, 0.29) is 6.54 Å². The number of hydrogen-bond acceptors (Lipinski definition) is 3. The SMILES string of the molecule is CC(C)OC1CC2(CCN(CC(=O)O)C2)C1. The third-order valence-corrected chi connectivity index (χ3v) is 3.66. The number of aliphatic carboxylic acids is 1. The lowest BCUT2D eigenvalue weighted by atomic mass is 9.66. The molecule has 1 saturated carbocycles. The topological polar surface area (TPSA) is 49.8 Å². The molecule has 2 rings (SSSR count). The highest BCUT2D eigenvalue weighted by Gasteiger charge is 2.49. The Morgan fingerprint density at radius 2 is 2.25 bits per heavy atom. The fraction of sp³-hybridized carbons (Fsp3) is 0.917. The van der Waals surface area contributed by atoms with Gasteiger partial charge in [-0.2, -0.15) is 0 Å². The molecule has 0 aromatic carbocycles. The summed E-state index contributed by atoms with van der Waals surface area (Å²) in [6.07, 6.45) is 4.07. The largest absolute Gasteiger partial charge is 0.480 e. The molecule has 2 aliphatic rings. The highest BCUT2D eigenvalue weighted by atomic mass is 16.5. The number of nitrogens with zero attached hydrogens (tertiary/aromatic N) is 1. The van der Waals surface area contributed by atoms with Crippen molar-refractivity contribution in [1.82, 2.24) is 4.90 Å². The molecule has 1 spiro atoms. The van der Waals surface area contributed by atoms with Crippen molar-refractivity contribution < 1.29 is 14.6 Å². The molecule has 1 N–H and O–H groups in total. The number of rotatable bonds is 4. The first-order chi connectivity index (χ1) is 7.49. The number of ether oxygens (including phenoxy) is 1. The van der Waals surface area contributed by atoms with Crippen molar-refractivity contribution in [2.24, 2.45) is 5.41 Å². The van der Waals surface area contributed by atoms with E-state index >= 15 is 0 Å². The van der Waals surface area contributed by atoms with Gasteiger partial charge >= 0.3 is 5.97 Å². The highest BCUT2D eigenvalue weighted by Crippen LogP contribution is 2.49. The van der Waals surface area contributed by atoms with Crippen LogP contribution in [0, 0.1) is 5.41 Å². The van der Waals surface area contributed by atoms with Gasteiger partial charge in [0.2, 0.25) is 0 Å². The summed E-state index contributed by atoms with van der Waals surface area (Å²) in [6, 6.07) is 0. The summed E-state index contributed by atoms with van der Waals surface area (Å²) in [5.41, 5.74) is 0.370. The molecule has 0 bridgehead atoms. The summed E-state index contributed by atoms with van der Waals surface area (Å²) >= 11 is 0. The second-order valence-corrected chi connectivity index (χ2v) is 5.57. The Morgan fingerprint density at radius 1 is 1.56 bits per heavy atom. The van der Waals surface area contributed by atoms with Gasteiger partial charge in [-0.1, -0.05) is 0 Å². The predicted molar refractivity (Wildman–Crippen MR) is 60.4 cm³/mol. The maximum absolute atomic E-state index is 10.6. The van der Waals surface area contributed by atoms with Gasteiger partial charge in [0.1, 0.15) is 0 Å². The molecule has 0 atom stereocenters. The average Bonchev–Trinajstić information content (AvgIpc) is 2.45. The third kappa shape index (κ3) is 2.55. The third-order valence-electron chi connectivity index (χ3n) is 3.66. The fourth-order valence-electron chi connectivity index (χ4n) is 3.07. The van der Waals surface area contributed by atoms with Crippen molar-refractivity contribution in [3.05, 3.63) is 0 Å². The van der Waals surface area contributed by atoms with Crippen molar-refractivity contribution in [3.8, 4) is 0 Å². The summed E-state index contributed by atoms with van der Waals surface area (Å²) in [4.78, 5) is 12.7. The predicted octanol–water partition coefficient (Wildman–Crippen LogP) is 1.35. The van der Waals surface area contributed by atoms with Crippen LogP contribution < -0.4 is 0 Å². The van der Waals surface area contributed by atoms with E-state index in [9.17, 15) is 4.79 Å². The molecule has 0 radical (unpaired) electrons. The maximum Gasteiger partial charge on any atom is 0.317 e. The van der Waals surface area contributed by atoms with Gasteiger partial charge < -0.3 is 9.84 Å². The van der Waals surface area contributed by atoms with E-state index in [0.717, 1.165) is 32.4 Å². The first-order valence-corrected chi connectivity index (χ1v) is 6.09. The number of likely N-dealkylation sites (tertiary alicyclic amines) is 1. The van der Waals surface area contributed by atoms with Crippen LogP contribution in [0.5, 0.6) is 0 Å². The first kappa shape index (κ1) is 11.9. The molecule has 1 aliphatic carbocycles. The van der Waals surface area contributed by atoms with E-state index in [0.29, 0.717) is 17.6 Å². The van der Waals surface area contributed by atoms with E-state index in [4.69, 9.17) is 9.84 Å². The molecule has 4 heteroatoms. The van der Waals surface area contributed by atoms with Crippen LogP contribution in [0.15, 0.2) is 0 Å². The van der Waals surface area contributed by atoms with Gasteiger partial charge in [-0.3, -0.25) is 9.69 Å². The first-order valence-electron chi connectivity index (χ1n) is 6.09. The van der Waals surface area contributed by atoms with E-state index in [1.165, 1.54) is 0 Å². The van der Waals surface area contributed by atoms with Crippen molar-refractivity contribution in [3.63, 3.8) is 0 Å². The Hall–Kier alpha value is -0.610. The van der Waals surface area contributed by atoms with Gasteiger partial charge in [-0.05, 0) is 45.1 Å². The molecule has 1 saturated heterocycles. The van der Waals surface area contributed by atoms with Crippen LogP contribution in [-0.2, 0) is 9.53 Å². The van der Waals surface area contributed by atoms with Crippen molar-refractivity contribution in [2.45, 2.75) is 45.3 Å². The second-order valence-electron chi connectivity index (χ2n) is 5.57. The summed E-state index contributed by atoms with van der Waals surface area (Å²) in [5, 5.41) is 8.74. The monoisotopic (exact) mass is 227 g/mol. The highest BCUT2D eigenvalue weighted by molar-refractivity contribution is 5.69. The van der Waals surface area contributed by atoms with Crippen LogP contribution in [0.1, 0.15) is 33.1 Å². The average molecular weight is 227 g/mol. The zero-order valence-electron chi connectivity index (χ0n) is 10.1. The van der Waals surface area contributed by atoms with Gasteiger partial charge in [-0.25, -0.2) is 0 Å². The lowest BCUT2D eigenvalue weighted by molar-refractivity contribution is -0.138. The Bertz CT molecular complexity index is 271. The van der Waals surface area contributed by atoms with Crippen LogP contribution >= 0.6 is 0 Å². The Balaban J connectivity index is 1.76. The smallest absolute Gasteiger partial charge is 0.317 e. The molecule has 0 aromatic heterocycles. The van der Waals surface area contributed by atoms with E-state index < -0.39 is 5.97 Å². The van der Waals surface area contributed by atoms with Crippen molar-refractivity contribution in [2.75, 3.05) is 19.6 Å². The standard InChI is InChI=1S/C12H21NO3/c1-9(2)16-10-5-12(6-10)3-4-13(8-12)7-11(14)15/h9-10H,3-8H2,1-2H3,(H,14,15). The molecule has 0 aromatic rings. The lowest BCUT2D eigenvalue weighted by Crippen LogP contribution is -2.45. The van der Waals surface area contributed by atoms with Gasteiger partial charge in [0, 0.05) is 6.54 Å². The molecule has 1 aliphatic heterocycles. The van der Waals surface area contributed by atoms with E-state index in [2.05, 4.69) is 13.8 Å². The molecule has 0 amide bonds. The van der Waals surface area contributed by atoms with Gasteiger partial charge in [0.25, 0.3) is 0 Å². The fourth-order valence-corrected chi connectivity index (χ4v) is 3.07. The van der Waals surface area contributed by atoms with Gasteiger partial charge in [-0.15, -0.1) is 0 Å². The van der Waals surface area contributed by atoms with Crippen LogP contribution in [0.4, 0.5) is 0 Å². The Kier molecular flexibility index (Phi) is 3.22. The zero-order chi connectivity index (χ0) is 11.8. The maximum atomic E-state index is 10.6. The minimum atomic E-state index is -0.716. The van der Waals surface area contributed by atoms with Crippen molar-refractivity contribution >= 4 is 5.97 Å². The summed E-state index contributed by atoms with van der Waals surface area (Å²) in [6.45, 7) is 6.20. The molecule has 0 unspecified atom stereocenters. The Morgan fingerprint density at radius 3 is 2.81 bits per heavy atom. The molecular formula is C12H21NO3. The van der Waals surface area contributed by atoms with E-state index in [1.54, 1.807) is 0 Å². The van der Waals surface area contributed by atoms with Gasteiger partial charge in [0.05, 0.1) is 18.8 Å². The number of carboxylic acids is 1. The number of carboxylic acid groups (broad SMARTS) is 1. The van der Waals surface area contributed by atoms with Crippen molar-refractivity contribution in [1.29, 1.82) is 0 Å². The number of hydrogen-bond donors (Lipinski definition) is 1. The molecular weight excluding hydrogens is 206 g/mol. The summed E-state index contributed by atoms with van der Waals surface area (Å²) in [5.74, 6) is -0.716. The van der Waals surface area contributed by atoms with E-state index in [1.807, 2.05) is 4.90 Å². The van der Waals surface area contributed by atoms with Crippen LogP contribution in [-0.4, -0.2) is 47.8 Å². The Labute approximate surface area is 96.6 Å². The van der Waals surface area contributed by atoms with Gasteiger partial charge in [0.15, 0.2) is 0 Å². The van der Waals surface area contributed by atoms with Crippen LogP contribution in [0.25, 0.3) is 0 Å². The molecule has 2 fully saturated rings. The molecule has 16 heavy (non-hydrogen) atoms. The van der Waals surface area contributed by atoms with Crippen LogP contribution in [0.3, 0.4) is 0 Å². The molecule has 92 valence electrons. The molecule has 4 nitrogen and oxygen atoms in total. The van der Waals surface area contributed by atoms with Crippen LogP contribution in [0.2, 0.25) is 0 Å².